The Kier molecular flexibility index (Phi) is 6.92. The van der Waals surface area contributed by atoms with Crippen LogP contribution < -0.4 is 19.7 Å². The molecule has 1 aliphatic rings. The fraction of sp³-hybridized carbons (Fsp3) is 0.417. The summed E-state index contributed by atoms with van der Waals surface area (Å²) in [6.45, 7) is 7.39. The summed E-state index contributed by atoms with van der Waals surface area (Å²) in [6, 6.07) is 13.9. The lowest BCUT2D eigenvalue weighted by molar-refractivity contribution is -0.125. The van der Waals surface area contributed by atoms with Gasteiger partial charge >= 0.3 is 0 Å². The Morgan fingerprint density at radius 1 is 1.13 bits per heavy atom. The number of nitrogens with zero attached hydrogens (tertiary/aromatic N) is 2. The number of ether oxygens (including phenoxy) is 2. The minimum Gasteiger partial charge on any atom is -0.494 e. The number of fused-ring (bicyclic) bond motifs is 1. The van der Waals surface area contributed by atoms with Crippen LogP contribution >= 0.6 is 11.3 Å². The van der Waals surface area contributed by atoms with E-state index in [-0.39, 0.29) is 11.8 Å². The van der Waals surface area contributed by atoms with E-state index in [0.717, 1.165) is 58.3 Å². The van der Waals surface area contributed by atoms with Gasteiger partial charge in [0.2, 0.25) is 5.91 Å². The topological polar surface area (TPSA) is 63.7 Å². The van der Waals surface area contributed by atoms with Crippen molar-refractivity contribution >= 4 is 32.6 Å². The number of hydrogen-bond donors (Lipinski definition) is 1. The van der Waals surface area contributed by atoms with E-state index in [1.807, 2.05) is 50.2 Å². The molecule has 1 fully saturated rings. The number of hydrogen-bond acceptors (Lipinski definition) is 6. The monoisotopic (exact) mass is 439 g/mol. The first-order valence-electron chi connectivity index (χ1n) is 10.9. The summed E-state index contributed by atoms with van der Waals surface area (Å²) in [5, 5.41) is 4.12. The molecule has 0 saturated carbocycles. The molecule has 4 rings (SSSR count). The second kappa shape index (κ2) is 10.0. The summed E-state index contributed by atoms with van der Waals surface area (Å²) in [7, 11) is 0. The van der Waals surface area contributed by atoms with E-state index < -0.39 is 0 Å². The quantitative estimate of drug-likeness (QED) is 0.555. The molecule has 0 unspecified atom stereocenters. The highest BCUT2D eigenvalue weighted by Gasteiger charge is 2.26. The maximum atomic E-state index is 12.7. The number of amides is 1. The summed E-state index contributed by atoms with van der Waals surface area (Å²) in [5.41, 5.74) is 2.01. The summed E-state index contributed by atoms with van der Waals surface area (Å²) < 4.78 is 12.4. The summed E-state index contributed by atoms with van der Waals surface area (Å²) in [5.74, 6) is 1.88. The molecule has 1 amide bonds. The molecular weight excluding hydrogens is 410 g/mol. The minimum atomic E-state index is 0.0365. The van der Waals surface area contributed by atoms with Gasteiger partial charge in [0.25, 0.3) is 0 Å². The molecule has 0 radical (unpaired) electrons. The largest absolute Gasteiger partial charge is 0.494 e. The van der Waals surface area contributed by atoms with Crippen LogP contribution in [-0.2, 0) is 11.3 Å². The third-order valence-corrected chi connectivity index (χ3v) is 6.60. The summed E-state index contributed by atoms with van der Waals surface area (Å²) in [6.07, 6.45) is 1.66. The van der Waals surface area contributed by atoms with Crippen molar-refractivity contribution in [1.82, 2.24) is 10.3 Å². The summed E-state index contributed by atoms with van der Waals surface area (Å²) >= 11 is 1.69. The Bertz CT molecular complexity index is 1030. The predicted octanol–water partition coefficient (Wildman–Crippen LogP) is 4.63. The zero-order valence-electron chi connectivity index (χ0n) is 18.1. The first-order chi connectivity index (χ1) is 15.2. The van der Waals surface area contributed by atoms with E-state index in [0.29, 0.717) is 19.8 Å². The fourth-order valence-electron chi connectivity index (χ4n) is 3.89. The van der Waals surface area contributed by atoms with Gasteiger partial charge in [-0.2, -0.15) is 0 Å². The van der Waals surface area contributed by atoms with Gasteiger partial charge in [-0.15, -0.1) is 0 Å². The zero-order chi connectivity index (χ0) is 21.6. The highest BCUT2D eigenvalue weighted by molar-refractivity contribution is 7.22. The lowest BCUT2D eigenvalue weighted by Crippen LogP contribution is -2.40. The smallest absolute Gasteiger partial charge is 0.223 e. The van der Waals surface area contributed by atoms with E-state index in [1.165, 1.54) is 0 Å². The molecule has 1 saturated heterocycles. The van der Waals surface area contributed by atoms with Crippen molar-refractivity contribution in [2.45, 2.75) is 33.2 Å². The maximum absolute atomic E-state index is 12.7. The van der Waals surface area contributed by atoms with Crippen molar-refractivity contribution in [2.75, 3.05) is 31.2 Å². The van der Waals surface area contributed by atoms with Crippen LogP contribution in [0, 0.1) is 5.92 Å². The number of carbonyl (C=O) groups is 1. The number of para-hydroxylation sites is 1. The Morgan fingerprint density at radius 3 is 2.68 bits per heavy atom. The molecule has 2 aromatic carbocycles. The molecule has 0 aliphatic carbocycles. The second-order valence-electron chi connectivity index (χ2n) is 7.58. The van der Waals surface area contributed by atoms with Gasteiger partial charge in [0, 0.05) is 31.1 Å². The van der Waals surface area contributed by atoms with Crippen molar-refractivity contribution in [2.24, 2.45) is 5.92 Å². The van der Waals surface area contributed by atoms with Crippen molar-refractivity contribution in [1.29, 1.82) is 0 Å². The third kappa shape index (κ3) is 5.10. The molecule has 164 valence electrons. The SMILES string of the molecule is CCOc1ccc2nc(N3CCC(C(=O)NCc4ccccc4OCC)CC3)sc2c1. The fourth-order valence-corrected chi connectivity index (χ4v) is 4.94. The van der Waals surface area contributed by atoms with E-state index in [1.54, 1.807) is 11.3 Å². The van der Waals surface area contributed by atoms with Crippen LogP contribution in [0.15, 0.2) is 42.5 Å². The maximum Gasteiger partial charge on any atom is 0.223 e. The first kappa shape index (κ1) is 21.4. The van der Waals surface area contributed by atoms with Crippen LogP contribution in [0.4, 0.5) is 5.13 Å². The van der Waals surface area contributed by atoms with Crippen LogP contribution in [0.3, 0.4) is 0 Å². The minimum absolute atomic E-state index is 0.0365. The van der Waals surface area contributed by atoms with Crippen LogP contribution in [0.1, 0.15) is 32.3 Å². The van der Waals surface area contributed by atoms with Crippen molar-refractivity contribution < 1.29 is 14.3 Å². The number of aromatic nitrogens is 1. The molecule has 1 aliphatic heterocycles. The molecule has 6 nitrogen and oxygen atoms in total. The summed E-state index contributed by atoms with van der Waals surface area (Å²) in [4.78, 5) is 19.8. The van der Waals surface area contributed by atoms with Crippen LogP contribution in [0.25, 0.3) is 10.2 Å². The van der Waals surface area contributed by atoms with Gasteiger partial charge in [0.05, 0.1) is 23.4 Å². The molecule has 0 atom stereocenters. The van der Waals surface area contributed by atoms with Crippen molar-refractivity contribution in [3.8, 4) is 11.5 Å². The molecule has 3 aromatic rings. The number of thiazole rings is 1. The van der Waals surface area contributed by atoms with Gasteiger partial charge in [0.15, 0.2) is 5.13 Å². The number of piperidine rings is 1. The average Bonchev–Trinajstić information content (AvgIpc) is 3.22. The molecular formula is C24H29N3O3S. The normalized spacial score (nSPS) is 14.6. The standard InChI is InChI=1S/C24H29N3O3S/c1-3-29-19-9-10-20-22(15-19)31-24(26-20)27-13-11-17(12-14-27)23(28)25-16-18-7-5-6-8-21(18)30-4-2/h5-10,15,17H,3-4,11-14,16H2,1-2H3,(H,25,28). The third-order valence-electron chi connectivity index (χ3n) is 5.52. The van der Waals surface area contributed by atoms with Crippen molar-refractivity contribution in [3.05, 3.63) is 48.0 Å². The van der Waals surface area contributed by atoms with E-state index in [9.17, 15) is 4.79 Å². The molecule has 31 heavy (non-hydrogen) atoms. The van der Waals surface area contributed by atoms with Gasteiger partial charge in [0.1, 0.15) is 11.5 Å². The van der Waals surface area contributed by atoms with Crippen LogP contribution in [0.5, 0.6) is 11.5 Å². The number of benzene rings is 2. The van der Waals surface area contributed by atoms with Gasteiger partial charge in [-0.3, -0.25) is 4.79 Å². The van der Waals surface area contributed by atoms with Crippen LogP contribution in [-0.4, -0.2) is 37.2 Å². The molecule has 0 bridgehead atoms. The number of rotatable bonds is 8. The highest BCUT2D eigenvalue weighted by atomic mass is 32.1. The number of carbonyl (C=O) groups excluding carboxylic acids is 1. The molecule has 0 spiro atoms. The van der Waals surface area contributed by atoms with Gasteiger partial charge in [-0.25, -0.2) is 4.98 Å². The lowest BCUT2D eigenvalue weighted by atomic mass is 9.96. The van der Waals surface area contributed by atoms with E-state index in [4.69, 9.17) is 14.5 Å². The molecule has 2 heterocycles. The van der Waals surface area contributed by atoms with Crippen LogP contribution in [0.2, 0.25) is 0 Å². The van der Waals surface area contributed by atoms with Gasteiger partial charge in [-0.05, 0) is 51.0 Å². The Balaban J connectivity index is 1.32. The Morgan fingerprint density at radius 2 is 1.90 bits per heavy atom. The predicted molar refractivity (Wildman–Crippen MR) is 125 cm³/mol. The lowest BCUT2D eigenvalue weighted by Gasteiger charge is -2.31. The Labute approximate surface area is 187 Å². The van der Waals surface area contributed by atoms with Gasteiger partial charge in [-0.1, -0.05) is 29.5 Å². The first-order valence-corrected chi connectivity index (χ1v) is 11.8. The van der Waals surface area contributed by atoms with Crippen molar-refractivity contribution in [3.63, 3.8) is 0 Å². The molecule has 7 heteroatoms. The highest BCUT2D eigenvalue weighted by Crippen LogP contribution is 2.33. The number of anilines is 1. The van der Waals surface area contributed by atoms with E-state index >= 15 is 0 Å². The second-order valence-corrected chi connectivity index (χ2v) is 8.59. The zero-order valence-corrected chi connectivity index (χ0v) is 18.9. The number of nitrogens with one attached hydrogen (secondary N) is 1. The Hall–Kier alpha value is -2.80. The molecule has 1 N–H and O–H groups in total. The van der Waals surface area contributed by atoms with Gasteiger partial charge < -0.3 is 19.7 Å². The molecule has 1 aromatic heterocycles. The van der Waals surface area contributed by atoms with E-state index in [2.05, 4.69) is 16.3 Å². The average molecular weight is 440 g/mol.